The van der Waals surface area contributed by atoms with Crippen LogP contribution in [-0.4, -0.2) is 63.8 Å². The molecule has 0 bridgehead atoms. The molecule has 0 spiro atoms. The minimum Gasteiger partial charge on any atom is -0.450 e. The summed E-state index contributed by atoms with van der Waals surface area (Å²) in [6.07, 6.45) is 5.03. The van der Waals surface area contributed by atoms with Crippen LogP contribution in [0.3, 0.4) is 0 Å². The van der Waals surface area contributed by atoms with Gasteiger partial charge in [0.1, 0.15) is 5.82 Å². The van der Waals surface area contributed by atoms with Crippen molar-refractivity contribution in [3.05, 3.63) is 30.2 Å². The number of rotatable bonds is 6. The highest BCUT2D eigenvalue weighted by Gasteiger charge is 2.23. The summed E-state index contributed by atoms with van der Waals surface area (Å²) in [4.78, 5) is 17.8. The number of carbonyl (C=O) groups excluding carboxylic acids is 1. The summed E-state index contributed by atoms with van der Waals surface area (Å²) in [5.74, 6) is 1.38. The molecule has 2 aromatic rings. The number of piperidine rings is 1. The van der Waals surface area contributed by atoms with Crippen molar-refractivity contribution >= 4 is 41.7 Å². The molecule has 0 radical (unpaired) electrons. The Bertz CT molecular complexity index is 787. The standard InChI is InChI=1S/C18H27N7O2.HI/c1-2-27-18(26)24-12-8-14(9-13-24)21-17(19)20-10-5-7-16-23-22-15-6-3-4-11-25(15)16;/h3-4,6,11,14H,2,5,7-10,12-13H2,1H3,(H3,19,20,21);1H. The van der Waals surface area contributed by atoms with Crippen LogP contribution in [-0.2, 0) is 11.2 Å². The van der Waals surface area contributed by atoms with Crippen LogP contribution < -0.4 is 11.1 Å². The van der Waals surface area contributed by atoms with E-state index in [1.54, 1.807) is 4.90 Å². The number of likely N-dealkylation sites (tertiary alicyclic amines) is 1. The number of fused-ring (bicyclic) bond motifs is 1. The second kappa shape index (κ2) is 11.0. The molecule has 3 N–H and O–H groups in total. The van der Waals surface area contributed by atoms with Gasteiger partial charge in [0.25, 0.3) is 0 Å². The zero-order chi connectivity index (χ0) is 19.1. The molecular weight excluding hydrogens is 473 g/mol. The van der Waals surface area contributed by atoms with Crippen molar-refractivity contribution < 1.29 is 9.53 Å². The number of pyridine rings is 1. The predicted octanol–water partition coefficient (Wildman–Crippen LogP) is 1.81. The highest BCUT2D eigenvalue weighted by Crippen LogP contribution is 2.11. The lowest BCUT2D eigenvalue weighted by Crippen LogP contribution is -2.48. The average molecular weight is 501 g/mol. The minimum atomic E-state index is -0.237. The van der Waals surface area contributed by atoms with Gasteiger partial charge >= 0.3 is 6.09 Å². The summed E-state index contributed by atoms with van der Waals surface area (Å²) in [5, 5.41) is 11.6. The second-order valence-electron chi connectivity index (χ2n) is 6.52. The Hall–Kier alpha value is -2.11. The SMILES string of the molecule is CCOC(=O)N1CCC(NC(N)=NCCCc2nnc3ccccn23)CC1.I. The first-order valence-electron chi connectivity index (χ1n) is 9.44. The molecule has 1 aliphatic rings. The van der Waals surface area contributed by atoms with E-state index in [2.05, 4.69) is 20.5 Å². The Kier molecular flexibility index (Phi) is 8.74. The number of nitrogens with one attached hydrogen (secondary N) is 1. The molecule has 0 unspecified atom stereocenters. The van der Waals surface area contributed by atoms with E-state index in [1.807, 2.05) is 35.7 Å². The van der Waals surface area contributed by atoms with Crippen LogP contribution in [0.4, 0.5) is 4.79 Å². The molecule has 1 saturated heterocycles. The van der Waals surface area contributed by atoms with Gasteiger partial charge in [0.2, 0.25) is 0 Å². The van der Waals surface area contributed by atoms with Crippen molar-refractivity contribution in [1.29, 1.82) is 0 Å². The lowest BCUT2D eigenvalue weighted by Gasteiger charge is -2.31. The van der Waals surface area contributed by atoms with Crippen LogP contribution in [0.2, 0.25) is 0 Å². The molecule has 3 heterocycles. The molecule has 3 rings (SSSR count). The Balaban J connectivity index is 0.00000280. The number of carbonyl (C=O) groups is 1. The van der Waals surface area contributed by atoms with E-state index in [-0.39, 0.29) is 36.1 Å². The van der Waals surface area contributed by atoms with Gasteiger partial charge in [-0.1, -0.05) is 6.07 Å². The Labute approximate surface area is 181 Å². The maximum absolute atomic E-state index is 11.7. The molecule has 10 heteroatoms. The van der Waals surface area contributed by atoms with E-state index in [4.69, 9.17) is 10.5 Å². The first-order valence-corrected chi connectivity index (χ1v) is 9.44. The van der Waals surface area contributed by atoms with Gasteiger partial charge in [-0.2, -0.15) is 0 Å². The number of nitrogens with zero attached hydrogens (tertiary/aromatic N) is 5. The molecule has 0 atom stereocenters. The van der Waals surface area contributed by atoms with E-state index in [9.17, 15) is 4.79 Å². The zero-order valence-corrected chi connectivity index (χ0v) is 18.4. The fraction of sp³-hybridized carbons (Fsp3) is 0.556. The molecule has 1 amide bonds. The summed E-state index contributed by atoms with van der Waals surface area (Å²) < 4.78 is 7.02. The van der Waals surface area contributed by atoms with Crippen molar-refractivity contribution in [2.75, 3.05) is 26.2 Å². The van der Waals surface area contributed by atoms with Crippen LogP contribution in [0, 0.1) is 0 Å². The van der Waals surface area contributed by atoms with Gasteiger partial charge in [0, 0.05) is 38.3 Å². The largest absolute Gasteiger partial charge is 0.450 e. The third-order valence-corrected chi connectivity index (χ3v) is 4.60. The molecular formula is C18H28IN7O2. The normalized spacial score (nSPS) is 15.3. The number of hydrogen-bond donors (Lipinski definition) is 2. The molecule has 2 aromatic heterocycles. The quantitative estimate of drug-likeness (QED) is 0.271. The maximum Gasteiger partial charge on any atom is 0.409 e. The molecule has 0 aromatic carbocycles. The monoisotopic (exact) mass is 501 g/mol. The fourth-order valence-corrected chi connectivity index (χ4v) is 3.17. The zero-order valence-electron chi connectivity index (χ0n) is 16.1. The van der Waals surface area contributed by atoms with Gasteiger partial charge in [-0.3, -0.25) is 9.39 Å². The van der Waals surface area contributed by atoms with E-state index >= 15 is 0 Å². The average Bonchev–Trinajstić information content (AvgIpc) is 3.09. The Morgan fingerprint density at radius 2 is 2.14 bits per heavy atom. The predicted molar refractivity (Wildman–Crippen MR) is 118 cm³/mol. The van der Waals surface area contributed by atoms with Crippen molar-refractivity contribution in [3.8, 4) is 0 Å². The number of nitrogens with two attached hydrogens (primary N) is 1. The molecule has 28 heavy (non-hydrogen) atoms. The van der Waals surface area contributed by atoms with Crippen LogP contribution in [0.25, 0.3) is 5.65 Å². The first-order chi connectivity index (χ1) is 13.2. The van der Waals surface area contributed by atoms with E-state index in [0.29, 0.717) is 32.2 Å². The van der Waals surface area contributed by atoms with E-state index in [1.165, 1.54) is 0 Å². The molecule has 0 saturated carbocycles. The summed E-state index contributed by atoms with van der Waals surface area (Å²) >= 11 is 0. The van der Waals surface area contributed by atoms with Crippen molar-refractivity contribution in [2.45, 2.75) is 38.6 Å². The number of aliphatic imine (C=N–C) groups is 1. The Morgan fingerprint density at radius 1 is 1.36 bits per heavy atom. The van der Waals surface area contributed by atoms with Gasteiger partial charge in [0.05, 0.1) is 6.61 Å². The van der Waals surface area contributed by atoms with Gasteiger partial charge in [-0.05, 0) is 38.3 Å². The number of aromatic nitrogens is 3. The third kappa shape index (κ3) is 5.94. The Morgan fingerprint density at radius 3 is 2.89 bits per heavy atom. The van der Waals surface area contributed by atoms with Gasteiger partial charge in [0.15, 0.2) is 11.6 Å². The number of amides is 1. The summed E-state index contributed by atoms with van der Waals surface area (Å²) in [7, 11) is 0. The summed E-state index contributed by atoms with van der Waals surface area (Å²) in [6, 6.07) is 6.08. The van der Waals surface area contributed by atoms with E-state index < -0.39 is 0 Å². The summed E-state index contributed by atoms with van der Waals surface area (Å²) in [5.41, 5.74) is 6.85. The van der Waals surface area contributed by atoms with Gasteiger partial charge < -0.3 is 20.7 Å². The van der Waals surface area contributed by atoms with Crippen LogP contribution in [0.5, 0.6) is 0 Å². The maximum atomic E-state index is 11.7. The minimum absolute atomic E-state index is 0. The van der Waals surface area contributed by atoms with E-state index in [0.717, 1.165) is 37.2 Å². The molecule has 9 nitrogen and oxygen atoms in total. The summed E-state index contributed by atoms with van der Waals surface area (Å²) in [6.45, 7) is 4.19. The molecule has 1 aliphatic heterocycles. The highest BCUT2D eigenvalue weighted by atomic mass is 127. The topological polar surface area (TPSA) is 110 Å². The van der Waals surface area contributed by atoms with Crippen LogP contribution in [0.15, 0.2) is 29.4 Å². The molecule has 1 fully saturated rings. The van der Waals surface area contributed by atoms with Crippen molar-refractivity contribution in [2.24, 2.45) is 10.7 Å². The molecule has 154 valence electrons. The smallest absolute Gasteiger partial charge is 0.409 e. The molecule has 0 aliphatic carbocycles. The number of ether oxygens (including phenoxy) is 1. The highest BCUT2D eigenvalue weighted by molar-refractivity contribution is 14.0. The van der Waals surface area contributed by atoms with Crippen molar-refractivity contribution in [1.82, 2.24) is 24.8 Å². The van der Waals surface area contributed by atoms with Crippen LogP contribution in [0.1, 0.15) is 32.0 Å². The van der Waals surface area contributed by atoms with Gasteiger partial charge in [-0.25, -0.2) is 4.79 Å². The second-order valence-corrected chi connectivity index (χ2v) is 6.52. The van der Waals surface area contributed by atoms with Crippen LogP contribution >= 0.6 is 24.0 Å². The van der Waals surface area contributed by atoms with Crippen molar-refractivity contribution in [3.63, 3.8) is 0 Å². The number of hydrogen-bond acceptors (Lipinski definition) is 5. The lowest BCUT2D eigenvalue weighted by atomic mass is 10.1. The first kappa shape index (κ1) is 22.2. The number of halogens is 1. The fourth-order valence-electron chi connectivity index (χ4n) is 3.17. The third-order valence-electron chi connectivity index (χ3n) is 4.60. The number of guanidine groups is 1. The number of aryl methyl sites for hydroxylation is 1. The van der Waals surface area contributed by atoms with Gasteiger partial charge in [-0.15, -0.1) is 34.2 Å². The lowest BCUT2D eigenvalue weighted by molar-refractivity contribution is 0.0963.